The highest BCUT2D eigenvalue weighted by Crippen LogP contribution is 2.60. The first-order chi connectivity index (χ1) is 13.3. The number of hydrogen-bond donors (Lipinski definition) is 2. The Kier molecular flexibility index (Phi) is 3.66. The molecule has 1 saturated carbocycles. The van der Waals surface area contributed by atoms with Crippen molar-refractivity contribution >= 4 is 28.1 Å². The molecule has 0 amide bonds. The van der Waals surface area contributed by atoms with Gasteiger partial charge in [-0.05, 0) is 73.4 Å². The minimum atomic E-state index is -0.808. The van der Waals surface area contributed by atoms with Gasteiger partial charge in [0.15, 0.2) is 0 Å². The van der Waals surface area contributed by atoms with Gasteiger partial charge in [-0.25, -0.2) is 0 Å². The van der Waals surface area contributed by atoms with Gasteiger partial charge < -0.3 is 10.4 Å². The fourth-order valence-electron chi connectivity index (χ4n) is 5.65. The summed E-state index contributed by atoms with van der Waals surface area (Å²) < 4.78 is 0. The van der Waals surface area contributed by atoms with Crippen molar-refractivity contribution in [3.8, 4) is 11.1 Å². The summed E-state index contributed by atoms with van der Waals surface area (Å²) in [6, 6.07) is 12.6. The van der Waals surface area contributed by atoms with Crippen LogP contribution in [-0.2, 0) is 5.41 Å². The zero-order valence-electron chi connectivity index (χ0n) is 16.5. The molecule has 2 aromatic carbocycles. The smallest absolute Gasteiger partial charge is 0.0964 e. The zero-order chi connectivity index (χ0) is 19.7. The molecule has 144 valence electrons. The number of anilines is 1. The van der Waals surface area contributed by atoms with Crippen LogP contribution in [0.1, 0.15) is 45.6 Å². The van der Waals surface area contributed by atoms with Crippen molar-refractivity contribution in [1.82, 2.24) is 4.98 Å². The van der Waals surface area contributed by atoms with Crippen LogP contribution >= 0.6 is 11.6 Å². The number of halogens is 1. The van der Waals surface area contributed by atoms with Gasteiger partial charge in [0.05, 0.1) is 21.8 Å². The second-order valence-electron chi connectivity index (χ2n) is 9.08. The Hall–Kier alpha value is -2.10. The first-order valence-corrected chi connectivity index (χ1v) is 10.3. The van der Waals surface area contributed by atoms with Crippen LogP contribution in [0.5, 0.6) is 0 Å². The summed E-state index contributed by atoms with van der Waals surface area (Å²) in [7, 11) is 0. The van der Waals surface area contributed by atoms with E-state index in [0.717, 1.165) is 52.4 Å². The second kappa shape index (κ2) is 5.71. The third-order valence-corrected chi connectivity index (χ3v) is 7.57. The van der Waals surface area contributed by atoms with Gasteiger partial charge in [0.2, 0.25) is 0 Å². The van der Waals surface area contributed by atoms with E-state index in [0.29, 0.717) is 5.02 Å². The topological polar surface area (TPSA) is 45.2 Å². The molecule has 5 rings (SSSR count). The molecular formula is C24H25ClN2O. The predicted molar refractivity (Wildman–Crippen MR) is 116 cm³/mol. The molecule has 0 bridgehead atoms. The fraction of sp³-hybridized carbons (Fsp3) is 0.375. The Morgan fingerprint density at radius 3 is 2.75 bits per heavy atom. The highest BCUT2D eigenvalue weighted by molar-refractivity contribution is 6.34. The van der Waals surface area contributed by atoms with Gasteiger partial charge in [-0.1, -0.05) is 36.7 Å². The average Bonchev–Trinajstić information content (AvgIpc) is 3.00. The normalized spacial score (nSPS) is 27.9. The largest absolute Gasteiger partial charge is 0.387 e. The maximum absolute atomic E-state index is 11.8. The van der Waals surface area contributed by atoms with Crippen LogP contribution in [-0.4, -0.2) is 21.2 Å². The first kappa shape index (κ1) is 18.0. The van der Waals surface area contributed by atoms with Crippen molar-refractivity contribution in [2.24, 2.45) is 0 Å². The van der Waals surface area contributed by atoms with Crippen molar-refractivity contribution in [1.29, 1.82) is 0 Å². The molecule has 3 aromatic rings. The van der Waals surface area contributed by atoms with Crippen molar-refractivity contribution in [3.05, 3.63) is 59.4 Å². The standard InChI is InChI=1S/C24H25ClN2O/c1-22(2)24(28)10-5-9-23(24,3)19-12-16(13-20(25)21(19)27-22)17-7-4-6-15-14-26-11-8-18(15)17/h4,6-8,11-14,27-28H,5,9-10H2,1-3H3. The lowest BCUT2D eigenvalue weighted by Crippen LogP contribution is -2.65. The summed E-state index contributed by atoms with van der Waals surface area (Å²) in [6.07, 6.45) is 6.48. The van der Waals surface area contributed by atoms with Crippen LogP contribution in [0.15, 0.2) is 48.8 Å². The molecule has 1 aromatic heterocycles. The van der Waals surface area contributed by atoms with Crippen molar-refractivity contribution in [3.63, 3.8) is 0 Å². The van der Waals surface area contributed by atoms with E-state index < -0.39 is 11.1 Å². The molecule has 1 aliphatic carbocycles. The third-order valence-electron chi connectivity index (χ3n) is 7.28. The van der Waals surface area contributed by atoms with E-state index in [1.807, 2.05) is 24.5 Å². The summed E-state index contributed by atoms with van der Waals surface area (Å²) in [4.78, 5) is 4.25. The number of hydrogen-bond acceptors (Lipinski definition) is 3. The molecule has 1 aliphatic heterocycles. The van der Waals surface area contributed by atoms with Gasteiger partial charge in [0.1, 0.15) is 0 Å². The Bertz CT molecular complexity index is 1100. The Labute approximate surface area is 170 Å². The Balaban J connectivity index is 1.78. The van der Waals surface area contributed by atoms with E-state index >= 15 is 0 Å². The lowest BCUT2D eigenvalue weighted by atomic mass is 9.60. The molecule has 1 fully saturated rings. The number of nitrogens with zero attached hydrogens (tertiary/aromatic N) is 1. The van der Waals surface area contributed by atoms with Crippen LogP contribution in [0.3, 0.4) is 0 Å². The van der Waals surface area contributed by atoms with Crippen LogP contribution in [0.25, 0.3) is 21.9 Å². The number of pyridine rings is 1. The lowest BCUT2D eigenvalue weighted by Gasteiger charge is -2.55. The summed E-state index contributed by atoms with van der Waals surface area (Å²) in [5.74, 6) is 0. The highest BCUT2D eigenvalue weighted by atomic mass is 35.5. The second-order valence-corrected chi connectivity index (χ2v) is 9.49. The number of aromatic nitrogens is 1. The number of aliphatic hydroxyl groups is 1. The summed E-state index contributed by atoms with van der Waals surface area (Å²) >= 11 is 6.82. The molecule has 4 heteroatoms. The first-order valence-electron chi connectivity index (χ1n) is 9.95. The summed E-state index contributed by atoms with van der Waals surface area (Å²) in [5, 5.41) is 18.3. The average molecular weight is 393 g/mol. The van der Waals surface area contributed by atoms with Gasteiger partial charge in [0.25, 0.3) is 0 Å². The van der Waals surface area contributed by atoms with Gasteiger partial charge >= 0.3 is 0 Å². The molecule has 0 radical (unpaired) electrons. The predicted octanol–water partition coefficient (Wildman–Crippen LogP) is 5.93. The van der Waals surface area contributed by atoms with E-state index in [1.165, 1.54) is 0 Å². The van der Waals surface area contributed by atoms with Gasteiger partial charge in [0, 0.05) is 23.2 Å². The fourth-order valence-corrected chi connectivity index (χ4v) is 5.92. The van der Waals surface area contributed by atoms with Crippen molar-refractivity contribution in [2.75, 3.05) is 5.32 Å². The lowest BCUT2D eigenvalue weighted by molar-refractivity contribution is -0.0628. The molecule has 2 atom stereocenters. The number of rotatable bonds is 1. The summed E-state index contributed by atoms with van der Waals surface area (Å²) in [5.41, 5.74) is 2.73. The molecule has 2 unspecified atom stereocenters. The molecule has 28 heavy (non-hydrogen) atoms. The zero-order valence-corrected chi connectivity index (χ0v) is 17.3. The number of nitrogens with one attached hydrogen (secondary N) is 1. The minimum Gasteiger partial charge on any atom is -0.387 e. The SMILES string of the molecule is CC1(C)Nc2c(Cl)cc(-c3cccc4cnccc34)cc2C2(C)CCCC12O. The Morgan fingerprint density at radius 1 is 1.11 bits per heavy atom. The van der Waals surface area contributed by atoms with E-state index in [2.05, 4.69) is 55.3 Å². The Morgan fingerprint density at radius 2 is 1.93 bits per heavy atom. The van der Waals surface area contributed by atoms with Crippen LogP contribution in [0, 0.1) is 0 Å². The van der Waals surface area contributed by atoms with E-state index in [1.54, 1.807) is 0 Å². The van der Waals surface area contributed by atoms with Crippen LogP contribution < -0.4 is 5.32 Å². The molecule has 0 saturated heterocycles. The van der Waals surface area contributed by atoms with Crippen LogP contribution in [0.4, 0.5) is 5.69 Å². The minimum absolute atomic E-state index is 0.330. The molecular weight excluding hydrogens is 368 g/mol. The van der Waals surface area contributed by atoms with Gasteiger partial charge in [-0.3, -0.25) is 4.98 Å². The van der Waals surface area contributed by atoms with E-state index in [4.69, 9.17) is 11.6 Å². The van der Waals surface area contributed by atoms with E-state index in [-0.39, 0.29) is 5.41 Å². The van der Waals surface area contributed by atoms with Gasteiger partial charge in [-0.2, -0.15) is 0 Å². The molecule has 3 nitrogen and oxygen atoms in total. The highest BCUT2D eigenvalue weighted by Gasteiger charge is 2.63. The van der Waals surface area contributed by atoms with Gasteiger partial charge in [-0.15, -0.1) is 0 Å². The maximum Gasteiger partial charge on any atom is 0.0964 e. The van der Waals surface area contributed by atoms with Crippen molar-refractivity contribution in [2.45, 2.75) is 56.6 Å². The molecule has 2 heterocycles. The van der Waals surface area contributed by atoms with Crippen molar-refractivity contribution < 1.29 is 5.11 Å². The van der Waals surface area contributed by atoms with E-state index in [9.17, 15) is 5.11 Å². The maximum atomic E-state index is 11.8. The molecule has 2 N–H and O–H groups in total. The summed E-state index contributed by atoms with van der Waals surface area (Å²) in [6.45, 7) is 6.37. The number of benzene rings is 2. The van der Waals surface area contributed by atoms with Crippen LogP contribution in [0.2, 0.25) is 5.02 Å². The monoisotopic (exact) mass is 392 g/mol. The molecule has 2 aliphatic rings. The third kappa shape index (κ3) is 2.18. The number of fused-ring (bicyclic) bond motifs is 4. The quantitative estimate of drug-likeness (QED) is 0.539. The molecule has 0 spiro atoms.